The van der Waals surface area contributed by atoms with Gasteiger partial charge in [0, 0.05) is 22.5 Å². The molecule has 3 aromatic heterocycles. The number of nitrogens with zero attached hydrogens (tertiary/aromatic N) is 5. The molecule has 11 heteroatoms. The van der Waals surface area contributed by atoms with Crippen LogP contribution in [0, 0.1) is 12.7 Å². The largest absolute Gasteiger partial charge is 0.350 e. The molecule has 1 N–H and O–H groups in total. The molecule has 0 fully saturated rings. The van der Waals surface area contributed by atoms with Gasteiger partial charge in [0.2, 0.25) is 11.7 Å². The van der Waals surface area contributed by atoms with Gasteiger partial charge >= 0.3 is 5.69 Å². The summed E-state index contributed by atoms with van der Waals surface area (Å²) >= 11 is 6.00. The second kappa shape index (κ2) is 8.56. The number of hydrogen-bond acceptors (Lipinski definition) is 6. The van der Waals surface area contributed by atoms with E-state index >= 15 is 0 Å². The Morgan fingerprint density at radius 2 is 2.03 bits per heavy atom. The molecule has 0 aliphatic heterocycles. The van der Waals surface area contributed by atoms with E-state index in [1.54, 1.807) is 42.5 Å². The number of halogens is 2. The molecule has 1 amide bonds. The first-order valence-electron chi connectivity index (χ1n) is 10.1. The highest BCUT2D eigenvalue weighted by molar-refractivity contribution is 6.31. The zero-order valence-corrected chi connectivity index (χ0v) is 18.5. The van der Waals surface area contributed by atoms with E-state index in [0.29, 0.717) is 21.8 Å². The lowest BCUT2D eigenvalue weighted by molar-refractivity contribution is -0.117. The monoisotopic (exact) mass is 478 g/mol. The zero-order chi connectivity index (χ0) is 23.8. The van der Waals surface area contributed by atoms with Gasteiger partial charge in [-0.15, -0.1) is 5.10 Å². The summed E-state index contributed by atoms with van der Waals surface area (Å²) in [4.78, 5) is 29.7. The number of anilines is 1. The van der Waals surface area contributed by atoms with Crippen molar-refractivity contribution in [1.29, 1.82) is 0 Å². The number of aryl methyl sites for hydroxylation is 1. The van der Waals surface area contributed by atoms with E-state index in [0.717, 1.165) is 10.2 Å². The summed E-state index contributed by atoms with van der Waals surface area (Å²) < 4.78 is 21.2. The minimum absolute atomic E-state index is 0.0982. The van der Waals surface area contributed by atoms with Gasteiger partial charge in [0.05, 0.1) is 5.56 Å². The fourth-order valence-corrected chi connectivity index (χ4v) is 3.61. The molecule has 34 heavy (non-hydrogen) atoms. The van der Waals surface area contributed by atoms with Crippen LogP contribution in [0.5, 0.6) is 0 Å². The lowest BCUT2D eigenvalue weighted by Crippen LogP contribution is -2.28. The maximum atomic E-state index is 13.5. The lowest BCUT2D eigenvalue weighted by Gasteiger charge is -2.08. The number of fused-ring (bicyclic) bond motifs is 1. The fraction of sp³-hybridized carbons (Fsp3) is 0.0870. The first-order valence-corrected chi connectivity index (χ1v) is 10.5. The standard InChI is InChI=1S/C23H16ClFN6O3/c1-13-7-8-15(24)11-18(13)26-19(32)12-31-23(33)30-9-3-6-17(21(30)28-31)22-27-20(29-34-22)14-4-2-5-16(25)10-14/h2-11H,12H2,1H3,(H,26,32). The smallest absolute Gasteiger partial charge is 0.333 e. The van der Waals surface area contributed by atoms with Crippen LogP contribution in [0.3, 0.4) is 0 Å². The number of amides is 1. The third-order valence-electron chi connectivity index (χ3n) is 5.12. The predicted octanol–water partition coefficient (Wildman–Crippen LogP) is 3.95. The summed E-state index contributed by atoms with van der Waals surface area (Å²) in [7, 11) is 0. The molecule has 0 atom stereocenters. The summed E-state index contributed by atoms with van der Waals surface area (Å²) in [5, 5.41) is 11.4. The van der Waals surface area contributed by atoms with Gasteiger partial charge in [-0.1, -0.05) is 35.0 Å². The average molecular weight is 479 g/mol. The maximum absolute atomic E-state index is 13.5. The van der Waals surface area contributed by atoms with E-state index in [1.165, 1.54) is 22.7 Å². The van der Waals surface area contributed by atoms with Crippen LogP contribution >= 0.6 is 11.6 Å². The van der Waals surface area contributed by atoms with Crippen molar-refractivity contribution >= 4 is 28.8 Å². The molecule has 5 aromatic rings. The van der Waals surface area contributed by atoms with E-state index < -0.39 is 17.4 Å². The molecule has 3 heterocycles. The Kier molecular flexibility index (Phi) is 5.42. The van der Waals surface area contributed by atoms with Crippen molar-refractivity contribution < 1.29 is 13.7 Å². The van der Waals surface area contributed by atoms with Crippen molar-refractivity contribution in [2.45, 2.75) is 13.5 Å². The fourth-order valence-electron chi connectivity index (χ4n) is 3.44. The van der Waals surface area contributed by atoms with Crippen molar-refractivity contribution in [2.24, 2.45) is 0 Å². The molecule has 9 nitrogen and oxygen atoms in total. The van der Waals surface area contributed by atoms with Crippen molar-refractivity contribution in [3.05, 3.63) is 87.7 Å². The van der Waals surface area contributed by atoms with Crippen molar-refractivity contribution in [3.8, 4) is 22.8 Å². The van der Waals surface area contributed by atoms with Crippen LogP contribution in [-0.4, -0.2) is 30.2 Å². The summed E-state index contributed by atoms with van der Waals surface area (Å²) in [6.07, 6.45) is 1.52. The van der Waals surface area contributed by atoms with Gasteiger partial charge in [0.25, 0.3) is 5.89 Å². The first-order chi connectivity index (χ1) is 16.4. The van der Waals surface area contributed by atoms with Crippen molar-refractivity contribution in [2.75, 3.05) is 5.32 Å². The van der Waals surface area contributed by atoms with Crippen molar-refractivity contribution in [1.82, 2.24) is 24.3 Å². The summed E-state index contributed by atoms with van der Waals surface area (Å²) in [6.45, 7) is 1.52. The minimum atomic E-state index is -0.514. The molecular weight excluding hydrogens is 463 g/mol. The van der Waals surface area contributed by atoms with Gasteiger partial charge in [-0.3, -0.25) is 4.79 Å². The Hall–Kier alpha value is -4.31. The Morgan fingerprint density at radius 1 is 1.18 bits per heavy atom. The maximum Gasteiger partial charge on any atom is 0.350 e. The van der Waals surface area contributed by atoms with Crippen LogP contribution in [0.1, 0.15) is 5.56 Å². The molecule has 0 spiro atoms. The van der Waals surface area contributed by atoms with Gasteiger partial charge in [0.15, 0.2) is 5.65 Å². The summed E-state index contributed by atoms with van der Waals surface area (Å²) in [5.41, 5.74) is 1.92. The number of aromatic nitrogens is 5. The van der Waals surface area contributed by atoms with Gasteiger partial charge in [-0.2, -0.15) is 4.98 Å². The first kappa shape index (κ1) is 21.5. The van der Waals surface area contributed by atoms with E-state index in [9.17, 15) is 14.0 Å². The number of nitrogens with one attached hydrogen (secondary N) is 1. The SMILES string of the molecule is Cc1ccc(Cl)cc1NC(=O)Cn1nc2c(-c3nc(-c4cccc(F)c4)no3)cccn2c1=O. The number of hydrogen-bond donors (Lipinski definition) is 1. The molecule has 0 radical (unpaired) electrons. The van der Waals surface area contributed by atoms with E-state index in [2.05, 4.69) is 20.6 Å². The Bertz CT molecular complexity index is 1610. The van der Waals surface area contributed by atoms with E-state index in [1.807, 2.05) is 6.92 Å². The Balaban J connectivity index is 1.46. The van der Waals surface area contributed by atoms with Crippen LogP contribution in [0.25, 0.3) is 28.5 Å². The van der Waals surface area contributed by atoms with E-state index in [4.69, 9.17) is 16.1 Å². The second-order valence-electron chi connectivity index (χ2n) is 7.50. The van der Waals surface area contributed by atoms with Gasteiger partial charge in [-0.25, -0.2) is 18.3 Å². The molecule has 170 valence electrons. The van der Waals surface area contributed by atoms with E-state index in [-0.39, 0.29) is 23.9 Å². The number of carbonyl (C=O) groups excluding carboxylic acids is 1. The van der Waals surface area contributed by atoms with Crippen LogP contribution in [0.2, 0.25) is 5.02 Å². The highest BCUT2D eigenvalue weighted by Crippen LogP contribution is 2.25. The molecule has 0 saturated heterocycles. The third kappa shape index (κ3) is 4.06. The van der Waals surface area contributed by atoms with Crippen LogP contribution < -0.4 is 11.0 Å². The lowest BCUT2D eigenvalue weighted by atomic mass is 10.2. The average Bonchev–Trinajstić information content (AvgIpc) is 3.42. The number of rotatable bonds is 5. The molecule has 0 aliphatic carbocycles. The minimum Gasteiger partial charge on any atom is -0.333 e. The second-order valence-corrected chi connectivity index (χ2v) is 7.93. The van der Waals surface area contributed by atoms with Crippen LogP contribution in [0.4, 0.5) is 10.1 Å². The summed E-state index contributed by atoms with van der Waals surface area (Å²) in [6, 6.07) is 14.2. The molecule has 5 rings (SSSR count). The molecule has 0 saturated carbocycles. The number of pyridine rings is 1. The zero-order valence-electron chi connectivity index (χ0n) is 17.7. The van der Waals surface area contributed by atoms with Crippen LogP contribution in [0.15, 0.2) is 70.1 Å². The predicted molar refractivity (Wildman–Crippen MR) is 123 cm³/mol. The highest BCUT2D eigenvalue weighted by atomic mass is 35.5. The van der Waals surface area contributed by atoms with Crippen molar-refractivity contribution in [3.63, 3.8) is 0 Å². The normalized spacial score (nSPS) is 11.1. The van der Waals surface area contributed by atoms with Gasteiger partial charge in [-0.05, 0) is 48.9 Å². The molecule has 0 aliphatic rings. The third-order valence-corrected chi connectivity index (χ3v) is 5.35. The van der Waals surface area contributed by atoms with Gasteiger partial charge < -0.3 is 9.84 Å². The molecule has 2 aromatic carbocycles. The molecule has 0 unspecified atom stereocenters. The summed E-state index contributed by atoms with van der Waals surface area (Å²) in [5.74, 6) is -0.582. The number of carbonyl (C=O) groups is 1. The number of benzene rings is 2. The van der Waals surface area contributed by atoms with Gasteiger partial charge in [0.1, 0.15) is 12.4 Å². The molecule has 0 bridgehead atoms. The van der Waals surface area contributed by atoms with Crippen LogP contribution in [-0.2, 0) is 11.3 Å². The topological polar surface area (TPSA) is 107 Å². The Labute approximate surface area is 196 Å². The quantitative estimate of drug-likeness (QED) is 0.410. The Morgan fingerprint density at radius 3 is 2.85 bits per heavy atom. The molecular formula is C23H16ClFN6O3. The highest BCUT2D eigenvalue weighted by Gasteiger charge is 2.19.